The molecule has 3 aromatic rings. The van der Waals surface area contributed by atoms with Crippen LogP contribution in [-0.4, -0.2) is 12.5 Å². The molecule has 0 aliphatic carbocycles. The molecule has 0 unspecified atom stereocenters. The van der Waals surface area contributed by atoms with Crippen molar-refractivity contribution in [2.45, 2.75) is 27.2 Å². The van der Waals surface area contributed by atoms with E-state index in [0.717, 1.165) is 26.7 Å². The highest BCUT2D eigenvalue weighted by molar-refractivity contribution is 9.10. The van der Waals surface area contributed by atoms with E-state index in [2.05, 4.69) is 21.2 Å². The number of rotatable bonds is 7. The van der Waals surface area contributed by atoms with Crippen LogP contribution < -0.4 is 10.1 Å². The van der Waals surface area contributed by atoms with E-state index >= 15 is 0 Å². The van der Waals surface area contributed by atoms with Crippen LogP contribution in [0.25, 0.3) is 6.08 Å². The van der Waals surface area contributed by atoms with Gasteiger partial charge in [0.05, 0.1) is 6.61 Å². The zero-order valence-corrected chi connectivity index (χ0v) is 21.0. The Morgan fingerprint density at radius 1 is 1.18 bits per heavy atom. The number of amides is 1. The van der Waals surface area contributed by atoms with Crippen molar-refractivity contribution in [2.75, 3.05) is 11.9 Å². The van der Waals surface area contributed by atoms with Gasteiger partial charge in [0, 0.05) is 27.2 Å². The molecule has 1 N–H and O–H groups in total. The van der Waals surface area contributed by atoms with Gasteiger partial charge in [0.1, 0.15) is 17.4 Å². The van der Waals surface area contributed by atoms with Crippen LogP contribution in [0.2, 0.25) is 5.02 Å². The molecule has 0 radical (unpaired) electrons. The Hall–Kier alpha value is -3.07. The van der Waals surface area contributed by atoms with E-state index in [4.69, 9.17) is 16.3 Å². The number of aryl methyl sites for hydroxylation is 1. The third kappa shape index (κ3) is 6.04. The number of hydrogen-bond acceptors (Lipinski definition) is 3. The number of hydrogen-bond donors (Lipinski definition) is 1. The number of ether oxygens (including phenoxy) is 1. The maximum absolute atomic E-state index is 12.8. The first-order valence-corrected chi connectivity index (χ1v) is 11.7. The quantitative estimate of drug-likeness (QED) is 0.262. The molecule has 0 heterocycles. The predicted molar refractivity (Wildman–Crippen MR) is 138 cm³/mol. The molecule has 0 bridgehead atoms. The van der Waals surface area contributed by atoms with Crippen molar-refractivity contribution in [1.29, 1.82) is 5.26 Å². The lowest BCUT2D eigenvalue weighted by atomic mass is 10.0. The summed E-state index contributed by atoms with van der Waals surface area (Å²) in [5, 5.41) is 13.0. The predicted octanol–water partition coefficient (Wildman–Crippen LogP) is 7.25. The Balaban J connectivity index is 1.94. The van der Waals surface area contributed by atoms with E-state index in [1.807, 2.05) is 75.4 Å². The van der Waals surface area contributed by atoms with Gasteiger partial charge in [0.15, 0.2) is 0 Å². The van der Waals surface area contributed by atoms with Gasteiger partial charge in [-0.3, -0.25) is 4.79 Å². The van der Waals surface area contributed by atoms with Crippen LogP contribution in [0, 0.1) is 25.2 Å². The van der Waals surface area contributed by atoms with Crippen LogP contribution in [0.4, 0.5) is 5.69 Å². The van der Waals surface area contributed by atoms with Crippen molar-refractivity contribution < 1.29 is 9.53 Å². The molecule has 0 fully saturated rings. The lowest BCUT2D eigenvalue weighted by Crippen LogP contribution is -2.14. The summed E-state index contributed by atoms with van der Waals surface area (Å²) in [6.07, 6.45) is 2.11. The zero-order chi connectivity index (χ0) is 24.0. The maximum atomic E-state index is 12.8. The average molecular weight is 524 g/mol. The van der Waals surface area contributed by atoms with Crippen LogP contribution in [0.5, 0.6) is 5.75 Å². The molecule has 4 nitrogen and oxygen atoms in total. The minimum atomic E-state index is -0.474. The number of benzene rings is 3. The number of carbonyl (C=O) groups excluding carboxylic acids is 1. The molecule has 3 rings (SSSR count). The first-order valence-electron chi connectivity index (χ1n) is 10.5. The molecule has 6 heteroatoms. The Morgan fingerprint density at radius 3 is 2.64 bits per heavy atom. The van der Waals surface area contributed by atoms with Crippen molar-refractivity contribution in [2.24, 2.45) is 0 Å². The number of nitriles is 1. The molecule has 0 aromatic heterocycles. The van der Waals surface area contributed by atoms with E-state index < -0.39 is 5.91 Å². The van der Waals surface area contributed by atoms with Gasteiger partial charge < -0.3 is 10.1 Å². The fourth-order valence-electron chi connectivity index (χ4n) is 3.39. The number of anilines is 1. The van der Waals surface area contributed by atoms with E-state index in [-0.39, 0.29) is 5.57 Å². The highest BCUT2D eigenvalue weighted by Crippen LogP contribution is 2.33. The van der Waals surface area contributed by atoms with Gasteiger partial charge in [-0.15, -0.1) is 0 Å². The van der Waals surface area contributed by atoms with Crippen molar-refractivity contribution in [3.05, 3.63) is 97.5 Å². The molecule has 1 amide bonds. The van der Waals surface area contributed by atoms with Gasteiger partial charge in [-0.05, 0) is 73.4 Å². The van der Waals surface area contributed by atoms with E-state index in [9.17, 15) is 10.1 Å². The molecule has 0 saturated carbocycles. The molecule has 3 aromatic carbocycles. The highest BCUT2D eigenvalue weighted by atomic mass is 79.9. The van der Waals surface area contributed by atoms with Crippen LogP contribution in [0.3, 0.4) is 0 Å². The van der Waals surface area contributed by atoms with Crippen molar-refractivity contribution in [1.82, 2.24) is 0 Å². The highest BCUT2D eigenvalue weighted by Gasteiger charge is 2.15. The van der Waals surface area contributed by atoms with Gasteiger partial charge in [-0.25, -0.2) is 0 Å². The van der Waals surface area contributed by atoms with Gasteiger partial charge in [0.2, 0.25) is 0 Å². The second-order valence-electron chi connectivity index (χ2n) is 7.55. The molecule has 0 spiro atoms. The Labute approximate surface area is 208 Å². The summed E-state index contributed by atoms with van der Waals surface area (Å²) in [6, 6.07) is 19.1. The largest absolute Gasteiger partial charge is 0.494 e. The van der Waals surface area contributed by atoms with E-state index in [1.165, 1.54) is 6.08 Å². The standard InChI is InChI=1S/C27H24BrClN2O2/c1-4-33-26-14-19(13-24(29)22(26)15-20-9-5-6-10-23(20)28)12-21(16-30)27(32)31-25-11-7-8-17(2)18(25)3/h5-14H,4,15H2,1-3H3,(H,31,32)/b21-12+. The summed E-state index contributed by atoms with van der Waals surface area (Å²) in [7, 11) is 0. The summed E-state index contributed by atoms with van der Waals surface area (Å²) in [6.45, 7) is 6.26. The number of nitrogens with one attached hydrogen (secondary N) is 1. The summed E-state index contributed by atoms with van der Waals surface area (Å²) in [4.78, 5) is 12.8. The molecule has 0 atom stereocenters. The summed E-state index contributed by atoms with van der Waals surface area (Å²) in [5.41, 5.74) is 5.22. The Bertz CT molecular complexity index is 1260. The molecular weight excluding hydrogens is 500 g/mol. The smallest absolute Gasteiger partial charge is 0.266 e. The first kappa shape index (κ1) is 24.6. The van der Waals surface area contributed by atoms with Crippen molar-refractivity contribution in [3.63, 3.8) is 0 Å². The fourth-order valence-corrected chi connectivity index (χ4v) is 4.10. The molecular formula is C27H24BrClN2O2. The zero-order valence-electron chi connectivity index (χ0n) is 18.7. The minimum Gasteiger partial charge on any atom is -0.494 e. The van der Waals surface area contributed by atoms with E-state index in [0.29, 0.717) is 35.1 Å². The van der Waals surface area contributed by atoms with Crippen LogP contribution in [-0.2, 0) is 11.2 Å². The first-order chi connectivity index (χ1) is 15.8. The van der Waals surface area contributed by atoms with Gasteiger partial charge >= 0.3 is 0 Å². The SMILES string of the molecule is CCOc1cc(/C=C(\C#N)C(=O)Nc2cccc(C)c2C)cc(Cl)c1Cc1ccccc1Br. The summed E-state index contributed by atoms with van der Waals surface area (Å²) in [5.74, 6) is 0.150. The number of carbonyl (C=O) groups is 1. The number of nitrogens with zero attached hydrogens (tertiary/aromatic N) is 1. The van der Waals surface area contributed by atoms with Crippen LogP contribution in [0.1, 0.15) is 34.7 Å². The van der Waals surface area contributed by atoms with Gasteiger partial charge in [-0.1, -0.05) is 57.9 Å². The molecule has 168 valence electrons. The second-order valence-corrected chi connectivity index (χ2v) is 8.81. The van der Waals surface area contributed by atoms with E-state index in [1.54, 1.807) is 6.07 Å². The third-order valence-corrected chi connectivity index (χ3v) is 6.44. The normalized spacial score (nSPS) is 11.1. The third-order valence-electron chi connectivity index (χ3n) is 5.33. The molecule has 0 aliphatic heterocycles. The van der Waals surface area contributed by atoms with Crippen molar-refractivity contribution in [3.8, 4) is 11.8 Å². The molecule has 0 saturated heterocycles. The lowest BCUT2D eigenvalue weighted by molar-refractivity contribution is -0.112. The summed E-state index contributed by atoms with van der Waals surface area (Å²) >= 11 is 10.2. The minimum absolute atomic E-state index is 0.0204. The monoisotopic (exact) mass is 522 g/mol. The second kappa shape index (κ2) is 11.2. The van der Waals surface area contributed by atoms with Crippen molar-refractivity contribution >= 4 is 45.2 Å². The Kier molecular flexibility index (Phi) is 8.32. The number of halogens is 2. The lowest BCUT2D eigenvalue weighted by Gasteiger charge is -2.15. The van der Waals surface area contributed by atoms with Crippen LogP contribution in [0.15, 0.2) is 64.6 Å². The summed E-state index contributed by atoms with van der Waals surface area (Å²) < 4.78 is 6.85. The fraction of sp³-hybridized carbons (Fsp3) is 0.185. The molecule has 33 heavy (non-hydrogen) atoms. The topological polar surface area (TPSA) is 62.1 Å². The van der Waals surface area contributed by atoms with Gasteiger partial charge in [-0.2, -0.15) is 5.26 Å². The average Bonchev–Trinajstić information content (AvgIpc) is 2.79. The maximum Gasteiger partial charge on any atom is 0.266 e. The molecule has 0 aliphatic rings. The van der Waals surface area contributed by atoms with Gasteiger partial charge in [0.25, 0.3) is 5.91 Å². The Morgan fingerprint density at radius 2 is 1.94 bits per heavy atom. The van der Waals surface area contributed by atoms with Crippen LogP contribution >= 0.6 is 27.5 Å².